The lowest BCUT2D eigenvalue weighted by Crippen LogP contribution is -2.49. The van der Waals surface area contributed by atoms with Gasteiger partial charge in [-0.3, -0.25) is 9.69 Å². The number of rotatable bonds is 8. The second-order valence-electron chi connectivity index (χ2n) is 7.24. The summed E-state index contributed by atoms with van der Waals surface area (Å²) in [5.41, 5.74) is -0.488. The van der Waals surface area contributed by atoms with Crippen molar-refractivity contribution >= 4 is 5.91 Å². The molecule has 0 radical (unpaired) electrons. The quantitative estimate of drug-likeness (QED) is 0.714. The second-order valence-corrected chi connectivity index (χ2v) is 7.24. The number of ether oxygens (including phenoxy) is 1. The lowest BCUT2D eigenvalue weighted by molar-refractivity contribution is -0.124. The SMILES string of the molecule is CCN(CC)Cc1nc(C2(NC(=O)CC3COCCN3)CCCC2)no1. The highest BCUT2D eigenvalue weighted by Crippen LogP contribution is 2.37. The fourth-order valence-electron chi connectivity index (χ4n) is 3.83. The molecule has 1 aliphatic heterocycles. The van der Waals surface area contributed by atoms with Crippen molar-refractivity contribution in [3.05, 3.63) is 11.7 Å². The van der Waals surface area contributed by atoms with Gasteiger partial charge in [-0.1, -0.05) is 31.8 Å². The van der Waals surface area contributed by atoms with E-state index in [4.69, 9.17) is 9.26 Å². The van der Waals surface area contributed by atoms with Gasteiger partial charge < -0.3 is 19.9 Å². The van der Waals surface area contributed by atoms with Crippen LogP contribution >= 0.6 is 0 Å². The van der Waals surface area contributed by atoms with Crippen molar-refractivity contribution in [2.75, 3.05) is 32.8 Å². The normalized spacial score (nSPS) is 22.7. The van der Waals surface area contributed by atoms with E-state index < -0.39 is 5.54 Å². The van der Waals surface area contributed by atoms with Crippen LogP contribution in [-0.4, -0.2) is 59.8 Å². The van der Waals surface area contributed by atoms with Crippen LogP contribution in [0.4, 0.5) is 0 Å². The summed E-state index contributed by atoms with van der Waals surface area (Å²) in [7, 11) is 0. The molecular weight excluding hydrogens is 334 g/mol. The summed E-state index contributed by atoms with van der Waals surface area (Å²) >= 11 is 0. The molecule has 1 saturated carbocycles. The standard InChI is InChI=1S/C18H31N5O3/c1-3-23(4-2)12-16-20-17(22-26-16)18(7-5-6-8-18)21-15(24)11-14-13-25-10-9-19-14/h14,19H,3-13H2,1-2H3,(H,21,24). The Morgan fingerprint density at radius 2 is 2.12 bits per heavy atom. The Balaban J connectivity index is 1.65. The number of nitrogens with zero attached hydrogens (tertiary/aromatic N) is 3. The number of aromatic nitrogens is 2. The molecule has 1 saturated heterocycles. The lowest BCUT2D eigenvalue weighted by atomic mass is 9.96. The summed E-state index contributed by atoms with van der Waals surface area (Å²) in [5.74, 6) is 1.26. The van der Waals surface area contributed by atoms with Crippen LogP contribution in [0, 0.1) is 0 Å². The van der Waals surface area contributed by atoms with E-state index in [1.807, 2.05) is 0 Å². The minimum atomic E-state index is -0.488. The zero-order valence-corrected chi connectivity index (χ0v) is 15.9. The Hall–Kier alpha value is -1.51. The maximum Gasteiger partial charge on any atom is 0.240 e. The molecule has 0 bridgehead atoms. The third kappa shape index (κ3) is 4.61. The highest BCUT2D eigenvalue weighted by atomic mass is 16.5. The summed E-state index contributed by atoms with van der Waals surface area (Å²) in [4.78, 5) is 19.5. The van der Waals surface area contributed by atoms with Crippen LogP contribution < -0.4 is 10.6 Å². The van der Waals surface area contributed by atoms with Crippen molar-refractivity contribution in [2.24, 2.45) is 0 Å². The van der Waals surface area contributed by atoms with Gasteiger partial charge in [0.2, 0.25) is 11.8 Å². The maximum absolute atomic E-state index is 12.6. The molecule has 146 valence electrons. The fourth-order valence-corrected chi connectivity index (χ4v) is 3.83. The average molecular weight is 365 g/mol. The van der Waals surface area contributed by atoms with Crippen molar-refractivity contribution < 1.29 is 14.1 Å². The van der Waals surface area contributed by atoms with Crippen LogP contribution in [0.5, 0.6) is 0 Å². The summed E-state index contributed by atoms with van der Waals surface area (Å²) in [5, 5.41) is 10.8. The molecule has 2 heterocycles. The van der Waals surface area contributed by atoms with E-state index in [0.717, 1.165) is 45.3 Å². The molecule has 1 atom stereocenters. The molecular formula is C18H31N5O3. The number of carbonyl (C=O) groups excluding carboxylic acids is 1. The van der Waals surface area contributed by atoms with Crippen LogP contribution in [0.1, 0.15) is 57.7 Å². The zero-order chi connectivity index (χ0) is 18.4. The molecule has 3 rings (SSSR count). The molecule has 2 N–H and O–H groups in total. The average Bonchev–Trinajstić information content (AvgIpc) is 3.30. The van der Waals surface area contributed by atoms with Gasteiger partial charge >= 0.3 is 0 Å². The largest absolute Gasteiger partial charge is 0.378 e. The third-order valence-corrected chi connectivity index (χ3v) is 5.42. The Morgan fingerprint density at radius 1 is 1.35 bits per heavy atom. The van der Waals surface area contributed by atoms with Gasteiger partial charge in [-0.25, -0.2) is 0 Å². The van der Waals surface area contributed by atoms with E-state index >= 15 is 0 Å². The molecule has 1 unspecified atom stereocenters. The van der Waals surface area contributed by atoms with Gasteiger partial charge in [-0.05, 0) is 25.9 Å². The number of nitrogens with one attached hydrogen (secondary N) is 2. The van der Waals surface area contributed by atoms with E-state index in [2.05, 4.69) is 39.5 Å². The van der Waals surface area contributed by atoms with Crippen molar-refractivity contribution in [3.63, 3.8) is 0 Å². The number of morpholine rings is 1. The Bertz CT molecular complexity index is 575. The molecule has 26 heavy (non-hydrogen) atoms. The summed E-state index contributed by atoms with van der Waals surface area (Å²) in [6, 6.07) is 0.0747. The number of amides is 1. The maximum atomic E-state index is 12.6. The molecule has 1 aromatic rings. The van der Waals surface area contributed by atoms with E-state index in [9.17, 15) is 4.79 Å². The first-order valence-electron chi connectivity index (χ1n) is 9.82. The first-order chi connectivity index (χ1) is 12.6. The molecule has 2 fully saturated rings. The molecule has 2 aliphatic rings. The Labute approximate surface area is 155 Å². The lowest BCUT2D eigenvalue weighted by Gasteiger charge is -2.29. The molecule has 8 nitrogen and oxygen atoms in total. The first-order valence-corrected chi connectivity index (χ1v) is 9.82. The van der Waals surface area contributed by atoms with Gasteiger partial charge in [-0.15, -0.1) is 0 Å². The van der Waals surface area contributed by atoms with Gasteiger partial charge in [0.15, 0.2) is 5.82 Å². The molecule has 0 aromatic carbocycles. The molecule has 1 amide bonds. The van der Waals surface area contributed by atoms with Crippen LogP contribution in [0.2, 0.25) is 0 Å². The van der Waals surface area contributed by atoms with Crippen molar-refractivity contribution in [1.29, 1.82) is 0 Å². The summed E-state index contributed by atoms with van der Waals surface area (Å²) in [6.45, 7) is 8.83. The molecule has 0 spiro atoms. The molecule has 8 heteroatoms. The number of carbonyl (C=O) groups is 1. The number of hydrogen-bond acceptors (Lipinski definition) is 7. The predicted molar refractivity (Wildman–Crippen MR) is 96.4 cm³/mol. The van der Waals surface area contributed by atoms with Crippen molar-refractivity contribution in [1.82, 2.24) is 25.7 Å². The Kier molecular flexibility index (Phi) is 6.61. The van der Waals surface area contributed by atoms with Crippen LogP contribution in [-0.2, 0) is 21.6 Å². The Morgan fingerprint density at radius 3 is 2.77 bits per heavy atom. The van der Waals surface area contributed by atoms with E-state index in [0.29, 0.717) is 37.9 Å². The minimum absolute atomic E-state index is 0.0185. The smallest absolute Gasteiger partial charge is 0.240 e. The van der Waals surface area contributed by atoms with E-state index in [-0.39, 0.29) is 11.9 Å². The third-order valence-electron chi connectivity index (χ3n) is 5.42. The highest BCUT2D eigenvalue weighted by Gasteiger charge is 2.41. The molecule has 1 aromatic heterocycles. The van der Waals surface area contributed by atoms with Crippen LogP contribution in [0.25, 0.3) is 0 Å². The van der Waals surface area contributed by atoms with E-state index in [1.165, 1.54) is 0 Å². The molecule has 1 aliphatic carbocycles. The van der Waals surface area contributed by atoms with Crippen LogP contribution in [0.3, 0.4) is 0 Å². The van der Waals surface area contributed by atoms with Gasteiger partial charge in [-0.2, -0.15) is 4.98 Å². The zero-order valence-electron chi connectivity index (χ0n) is 15.9. The number of hydrogen-bond donors (Lipinski definition) is 2. The minimum Gasteiger partial charge on any atom is -0.378 e. The second kappa shape index (κ2) is 8.92. The summed E-state index contributed by atoms with van der Waals surface area (Å²) < 4.78 is 10.9. The van der Waals surface area contributed by atoms with Crippen molar-refractivity contribution in [3.8, 4) is 0 Å². The highest BCUT2D eigenvalue weighted by molar-refractivity contribution is 5.77. The van der Waals surface area contributed by atoms with Gasteiger partial charge in [0.1, 0.15) is 5.54 Å². The van der Waals surface area contributed by atoms with Crippen LogP contribution in [0.15, 0.2) is 4.52 Å². The van der Waals surface area contributed by atoms with E-state index in [1.54, 1.807) is 0 Å². The summed E-state index contributed by atoms with van der Waals surface area (Å²) in [6.07, 6.45) is 4.25. The van der Waals surface area contributed by atoms with Gasteiger partial charge in [0.05, 0.1) is 19.8 Å². The van der Waals surface area contributed by atoms with Crippen molar-refractivity contribution in [2.45, 2.75) is 64.1 Å². The fraction of sp³-hybridized carbons (Fsp3) is 0.833. The topological polar surface area (TPSA) is 92.5 Å². The van der Waals surface area contributed by atoms with Gasteiger partial charge in [0, 0.05) is 19.0 Å². The predicted octanol–water partition coefficient (Wildman–Crippen LogP) is 1.18. The monoisotopic (exact) mass is 365 g/mol. The first kappa shape index (κ1) is 19.3. The van der Waals surface area contributed by atoms with Gasteiger partial charge in [0.25, 0.3) is 0 Å².